The molecule has 3 heterocycles. The van der Waals surface area contributed by atoms with Crippen molar-refractivity contribution >= 4 is 35.2 Å². The summed E-state index contributed by atoms with van der Waals surface area (Å²) in [4.78, 5) is 43.2. The molecular weight excluding hydrogens is 490 g/mol. The first kappa shape index (κ1) is 27.8. The third-order valence-electron chi connectivity index (χ3n) is 8.31. The first-order valence-corrected chi connectivity index (χ1v) is 14.5. The number of aliphatic hydroxyl groups is 1. The van der Waals surface area contributed by atoms with E-state index >= 15 is 0 Å². The summed E-state index contributed by atoms with van der Waals surface area (Å²) in [6.45, 7) is 10.9. The molecule has 2 bridgehead atoms. The van der Waals surface area contributed by atoms with Crippen LogP contribution in [0.3, 0.4) is 0 Å². The molecule has 4 rings (SSSR count). The van der Waals surface area contributed by atoms with Crippen LogP contribution >= 0.6 is 11.8 Å². The minimum Gasteiger partial charge on any atom is -0.494 e. The molecule has 3 N–H and O–H groups in total. The largest absolute Gasteiger partial charge is 0.494 e. The van der Waals surface area contributed by atoms with Crippen LogP contribution in [0.15, 0.2) is 24.3 Å². The van der Waals surface area contributed by atoms with E-state index in [1.807, 2.05) is 32.9 Å². The lowest BCUT2D eigenvalue weighted by atomic mass is 9.66. The van der Waals surface area contributed by atoms with Crippen molar-refractivity contribution < 1.29 is 24.2 Å². The van der Waals surface area contributed by atoms with E-state index in [-0.39, 0.29) is 41.4 Å². The average Bonchev–Trinajstić information content (AvgIpc) is 3.45. The predicted octanol–water partition coefficient (Wildman–Crippen LogP) is 3.29. The lowest BCUT2D eigenvalue weighted by Crippen LogP contribution is -2.59. The Balaban J connectivity index is 1.67. The summed E-state index contributed by atoms with van der Waals surface area (Å²) < 4.78 is 4.80. The molecule has 3 aliphatic rings. The van der Waals surface area contributed by atoms with Gasteiger partial charge in [-0.25, -0.2) is 0 Å². The number of unbranched alkanes of at least 4 members (excludes halogenated alkanes) is 1. The Morgan fingerprint density at radius 2 is 1.92 bits per heavy atom. The standard InChI is InChI=1S/C28H41N3O5S/c1-6-8-13-29-26(34)24-28-17(5)14-21(37-28)22(23(28)27(35)31(24)20(15-32)16(3)4)25(33)30-18-9-11-19(12-10-18)36-7-2/h9-12,16-17,20-24,32H,6-8,13-15H2,1-5H3,(H,29,34)(H,30,33)/t17?,20-,21+,22-,23-,24?,28?/m0/s1. The van der Waals surface area contributed by atoms with Crippen molar-refractivity contribution in [2.45, 2.75) is 76.0 Å². The summed E-state index contributed by atoms with van der Waals surface area (Å²) in [5, 5.41) is 16.3. The Bertz CT molecular complexity index is 1000. The second kappa shape index (κ2) is 11.2. The van der Waals surface area contributed by atoms with E-state index in [0.717, 1.165) is 25.0 Å². The molecular formula is C28H41N3O5S. The number of benzene rings is 1. The molecule has 3 fully saturated rings. The average molecular weight is 532 g/mol. The van der Waals surface area contributed by atoms with Crippen LogP contribution in [0, 0.1) is 23.7 Å². The van der Waals surface area contributed by atoms with Crippen LogP contribution < -0.4 is 15.4 Å². The van der Waals surface area contributed by atoms with Gasteiger partial charge in [0.2, 0.25) is 17.7 Å². The number of anilines is 1. The van der Waals surface area contributed by atoms with Gasteiger partial charge in [0, 0.05) is 17.5 Å². The van der Waals surface area contributed by atoms with Crippen molar-refractivity contribution in [3.05, 3.63) is 24.3 Å². The molecule has 9 heteroatoms. The number of carbonyl (C=O) groups is 3. The molecule has 7 atom stereocenters. The smallest absolute Gasteiger partial charge is 0.244 e. The van der Waals surface area contributed by atoms with Gasteiger partial charge in [-0.05, 0) is 55.9 Å². The minimum absolute atomic E-state index is 0.0358. The molecule has 3 unspecified atom stereocenters. The van der Waals surface area contributed by atoms with Gasteiger partial charge >= 0.3 is 0 Å². The van der Waals surface area contributed by atoms with Crippen LogP contribution in [0.2, 0.25) is 0 Å². The van der Waals surface area contributed by atoms with E-state index in [9.17, 15) is 19.5 Å². The minimum atomic E-state index is -0.713. The number of hydrogen-bond donors (Lipinski definition) is 3. The highest BCUT2D eigenvalue weighted by Gasteiger charge is 2.76. The summed E-state index contributed by atoms with van der Waals surface area (Å²) in [6, 6.07) is 6.02. The van der Waals surface area contributed by atoms with Crippen molar-refractivity contribution in [3.63, 3.8) is 0 Å². The summed E-state index contributed by atoms with van der Waals surface area (Å²) in [5.41, 5.74) is 0.648. The number of ether oxygens (including phenoxy) is 1. The van der Waals surface area contributed by atoms with Gasteiger partial charge in [-0.2, -0.15) is 0 Å². The lowest BCUT2D eigenvalue weighted by molar-refractivity contribution is -0.143. The fourth-order valence-electron chi connectivity index (χ4n) is 6.55. The number of fused-ring (bicyclic) bond motifs is 1. The Kier molecular flexibility index (Phi) is 8.43. The van der Waals surface area contributed by atoms with Crippen LogP contribution in [0.4, 0.5) is 5.69 Å². The van der Waals surface area contributed by atoms with Gasteiger partial charge < -0.3 is 25.4 Å². The fourth-order valence-corrected chi connectivity index (χ4v) is 8.96. The molecule has 3 amide bonds. The Morgan fingerprint density at radius 1 is 1.22 bits per heavy atom. The summed E-state index contributed by atoms with van der Waals surface area (Å²) in [5.74, 6) is -0.913. The highest BCUT2D eigenvalue weighted by Crippen LogP contribution is 2.69. The summed E-state index contributed by atoms with van der Waals surface area (Å²) in [7, 11) is 0. The Hall–Kier alpha value is -2.26. The van der Waals surface area contributed by atoms with Gasteiger partial charge in [0.1, 0.15) is 11.8 Å². The third-order valence-corrected chi connectivity index (χ3v) is 10.4. The molecule has 0 aromatic heterocycles. The molecule has 204 valence electrons. The van der Waals surface area contributed by atoms with Crippen LogP contribution in [0.1, 0.15) is 53.9 Å². The number of amides is 3. The quantitative estimate of drug-likeness (QED) is 0.378. The van der Waals surface area contributed by atoms with Crippen LogP contribution in [0.25, 0.3) is 0 Å². The summed E-state index contributed by atoms with van der Waals surface area (Å²) in [6.07, 6.45) is 2.58. The molecule has 8 nitrogen and oxygen atoms in total. The SMILES string of the molecule is CCCCNC(=O)C1N([C@@H](CO)C(C)C)C(=O)[C@@H]2[C@@H](C(=O)Nc3ccc(OCC)cc3)[C@H]3CC(C)C12S3. The number of hydrogen-bond acceptors (Lipinski definition) is 6. The van der Waals surface area contributed by atoms with E-state index in [1.54, 1.807) is 28.8 Å². The molecule has 0 radical (unpaired) electrons. The number of nitrogens with one attached hydrogen (secondary N) is 2. The van der Waals surface area contributed by atoms with Crippen molar-refractivity contribution in [1.82, 2.24) is 10.2 Å². The highest BCUT2D eigenvalue weighted by molar-refractivity contribution is 8.02. The molecule has 1 spiro atoms. The number of carbonyl (C=O) groups excluding carboxylic acids is 3. The number of thioether (sulfide) groups is 1. The summed E-state index contributed by atoms with van der Waals surface area (Å²) >= 11 is 1.65. The van der Waals surface area contributed by atoms with E-state index in [1.165, 1.54) is 0 Å². The second-order valence-electron chi connectivity index (χ2n) is 10.9. The van der Waals surface area contributed by atoms with E-state index < -0.39 is 28.7 Å². The first-order valence-electron chi connectivity index (χ1n) is 13.6. The van der Waals surface area contributed by atoms with Gasteiger partial charge in [0.05, 0.1) is 35.8 Å². The Morgan fingerprint density at radius 3 is 2.51 bits per heavy atom. The van der Waals surface area contributed by atoms with Crippen LogP contribution in [-0.4, -0.2) is 69.6 Å². The van der Waals surface area contributed by atoms with Crippen LogP contribution in [-0.2, 0) is 14.4 Å². The predicted molar refractivity (Wildman–Crippen MR) is 145 cm³/mol. The fraction of sp³-hybridized carbons (Fsp3) is 0.679. The Labute approximate surface area is 224 Å². The number of likely N-dealkylation sites (tertiary alicyclic amines) is 1. The molecule has 3 aliphatic heterocycles. The van der Waals surface area contributed by atoms with Crippen LogP contribution in [0.5, 0.6) is 5.75 Å². The topological polar surface area (TPSA) is 108 Å². The maximum atomic E-state index is 14.2. The van der Waals surface area contributed by atoms with Gasteiger partial charge in [-0.15, -0.1) is 11.8 Å². The zero-order valence-electron chi connectivity index (χ0n) is 22.5. The van der Waals surface area contributed by atoms with Gasteiger partial charge in [0.15, 0.2) is 0 Å². The molecule has 1 aromatic carbocycles. The van der Waals surface area contributed by atoms with E-state index in [4.69, 9.17) is 4.74 Å². The molecule has 37 heavy (non-hydrogen) atoms. The number of aliphatic hydroxyl groups excluding tert-OH is 1. The third kappa shape index (κ3) is 4.73. The van der Waals surface area contributed by atoms with Gasteiger partial charge in [-0.3, -0.25) is 14.4 Å². The van der Waals surface area contributed by atoms with Crippen molar-refractivity contribution in [2.75, 3.05) is 25.1 Å². The zero-order chi connectivity index (χ0) is 26.9. The molecule has 1 aromatic rings. The van der Waals surface area contributed by atoms with Crippen molar-refractivity contribution in [3.8, 4) is 5.75 Å². The molecule has 3 saturated heterocycles. The first-order chi connectivity index (χ1) is 17.7. The second-order valence-corrected chi connectivity index (χ2v) is 12.4. The van der Waals surface area contributed by atoms with E-state index in [0.29, 0.717) is 18.8 Å². The monoisotopic (exact) mass is 531 g/mol. The molecule has 0 saturated carbocycles. The van der Waals surface area contributed by atoms with E-state index in [2.05, 4.69) is 24.5 Å². The van der Waals surface area contributed by atoms with Crippen molar-refractivity contribution in [2.24, 2.45) is 23.7 Å². The normalized spacial score (nSPS) is 30.9. The van der Waals surface area contributed by atoms with Gasteiger partial charge in [0.25, 0.3) is 0 Å². The zero-order valence-corrected chi connectivity index (χ0v) is 23.3. The molecule has 0 aliphatic carbocycles. The maximum absolute atomic E-state index is 14.2. The maximum Gasteiger partial charge on any atom is 0.244 e. The van der Waals surface area contributed by atoms with Crippen molar-refractivity contribution in [1.29, 1.82) is 0 Å². The highest BCUT2D eigenvalue weighted by atomic mass is 32.2. The lowest BCUT2D eigenvalue weighted by Gasteiger charge is -2.40. The number of rotatable bonds is 11. The number of nitrogens with zero attached hydrogens (tertiary/aromatic N) is 1. The van der Waals surface area contributed by atoms with Gasteiger partial charge in [-0.1, -0.05) is 34.1 Å².